The van der Waals surface area contributed by atoms with Crippen LogP contribution in [0.25, 0.3) is 0 Å². The molecule has 1 fully saturated rings. The number of aliphatic hydroxyl groups is 1. The van der Waals surface area contributed by atoms with E-state index < -0.39 is 76.8 Å². The van der Waals surface area contributed by atoms with Gasteiger partial charge in [0.15, 0.2) is 0 Å². The van der Waals surface area contributed by atoms with Crippen LogP contribution in [-0.4, -0.2) is 71.1 Å². The number of hydrogen-bond acceptors (Lipinski definition) is 12. The Hall–Kier alpha value is -1.98. The van der Waals surface area contributed by atoms with Crippen LogP contribution >= 0.6 is 23.5 Å². The fourth-order valence-electron chi connectivity index (χ4n) is 3.40. The number of carbonyl (C=O) groups excluding carboxylic acids is 1. The normalized spacial score (nSPS) is 28.4. The van der Waals surface area contributed by atoms with Crippen LogP contribution in [0, 0.1) is 0 Å². The third-order valence-electron chi connectivity index (χ3n) is 5.17. The maximum atomic E-state index is 12.6. The van der Waals surface area contributed by atoms with Crippen molar-refractivity contribution >= 4 is 29.4 Å². The molecule has 1 saturated heterocycles. The zero-order chi connectivity index (χ0) is 28.5. The number of nitrogens with zero attached hydrogens (tertiary/aromatic N) is 1. The smallest absolute Gasteiger partial charge is 0.490 e. The second-order valence-corrected chi connectivity index (χ2v) is 12.8. The summed E-state index contributed by atoms with van der Waals surface area (Å²) in [6.45, 7) is 0.798. The number of carbonyl (C=O) groups is 1. The van der Waals surface area contributed by atoms with Gasteiger partial charge in [-0.05, 0) is 13.0 Å². The molecule has 3 heterocycles. The van der Waals surface area contributed by atoms with Crippen LogP contribution in [0.3, 0.4) is 0 Å². The monoisotopic (exact) mass is 607 g/mol. The molecular weight excluding hydrogens is 583 g/mol. The van der Waals surface area contributed by atoms with E-state index in [-0.39, 0.29) is 13.0 Å². The van der Waals surface area contributed by atoms with Gasteiger partial charge in [0.1, 0.15) is 23.5 Å². The Bertz CT molecular complexity index is 1340. The van der Waals surface area contributed by atoms with Gasteiger partial charge in [-0.2, -0.15) is 8.62 Å². The summed E-state index contributed by atoms with van der Waals surface area (Å²) in [5.74, 6) is -0.834. The molecule has 0 aromatic carbocycles. The second-order valence-electron chi connectivity index (χ2n) is 8.35. The predicted octanol–water partition coefficient (Wildman–Crippen LogP) is -1.05. The first-order chi connectivity index (χ1) is 17.4. The zero-order valence-corrected chi connectivity index (χ0v) is 22.0. The number of H-pyrrole nitrogens is 1. The summed E-state index contributed by atoms with van der Waals surface area (Å²) >= 11 is 0. The highest BCUT2D eigenvalue weighted by Crippen LogP contribution is 2.66. The van der Waals surface area contributed by atoms with Crippen LogP contribution < -0.4 is 16.6 Å². The maximum absolute atomic E-state index is 12.6. The number of amides is 1. The van der Waals surface area contributed by atoms with Crippen LogP contribution in [0.15, 0.2) is 28.1 Å². The van der Waals surface area contributed by atoms with E-state index in [9.17, 15) is 43.0 Å². The Morgan fingerprint density at radius 3 is 2.50 bits per heavy atom. The van der Waals surface area contributed by atoms with Crippen LogP contribution in [0.5, 0.6) is 0 Å². The Morgan fingerprint density at radius 2 is 1.89 bits per heavy atom. The summed E-state index contributed by atoms with van der Waals surface area (Å²) < 4.78 is 57.1. The van der Waals surface area contributed by atoms with Gasteiger partial charge in [-0.1, -0.05) is 0 Å². The van der Waals surface area contributed by atoms with E-state index in [0.29, 0.717) is 6.42 Å². The number of ether oxygens (including phenoxy) is 2. The van der Waals surface area contributed by atoms with Crippen LogP contribution in [-0.2, 0) is 36.3 Å². The molecule has 0 aliphatic carbocycles. The molecule has 1 aromatic heterocycles. The number of phosphoric acid groups is 3. The fourth-order valence-corrected chi connectivity index (χ4v) is 6.43. The summed E-state index contributed by atoms with van der Waals surface area (Å²) in [6.07, 6.45) is 0.131. The van der Waals surface area contributed by atoms with Gasteiger partial charge in [-0.25, -0.2) is 18.5 Å². The quantitative estimate of drug-likeness (QED) is 0.148. The molecular formula is C16H24N3O16P3. The van der Waals surface area contributed by atoms with E-state index in [0.717, 1.165) is 10.8 Å². The number of rotatable bonds is 11. The maximum Gasteiger partial charge on any atom is 0.490 e. The lowest BCUT2D eigenvalue weighted by Gasteiger charge is -2.24. The minimum absolute atomic E-state index is 0.0404. The van der Waals surface area contributed by atoms with E-state index in [1.165, 1.54) is 6.26 Å². The molecule has 19 nitrogen and oxygen atoms in total. The van der Waals surface area contributed by atoms with Crippen molar-refractivity contribution < 1.29 is 65.8 Å². The average Bonchev–Trinajstić information content (AvgIpc) is 3.34. The molecule has 0 radical (unpaired) electrons. The lowest BCUT2D eigenvalue weighted by Crippen LogP contribution is -2.43. The molecule has 2 unspecified atom stereocenters. The summed E-state index contributed by atoms with van der Waals surface area (Å²) in [4.78, 5) is 74.9. The SMILES string of the molecule is C[C@@]1(CNC(=O)c2cn([C@H]3C[C@H](O)[C@@H](COP(=O)(O)OP(=O)(O)OP(=O)(O)O)O3)c(=O)[nH]c2=O)CC=CO1. The van der Waals surface area contributed by atoms with Crippen molar-refractivity contribution in [2.24, 2.45) is 0 Å². The third-order valence-corrected chi connectivity index (χ3v) is 8.97. The Balaban J connectivity index is 1.66. The minimum Gasteiger partial charge on any atom is -0.493 e. The number of aromatic amines is 1. The summed E-state index contributed by atoms with van der Waals surface area (Å²) in [7, 11) is -16.8. The van der Waals surface area contributed by atoms with Crippen molar-refractivity contribution in [2.75, 3.05) is 13.2 Å². The van der Waals surface area contributed by atoms with Gasteiger partial charge in [0, 0.05) is 19.0 Å². The molecule has 0 bridgehead atoms. The average molecular weight is 607 g/mol. The van der Waals surface area contributed by atoms with Gasteiger partial charge < -0.3 is 39.5 Å². The first-order valence-corrected chi connectivity index (χ1v) is 15.0. The van der Waals surface area contributed by atoms with Crippen LogP contribution in [0.4, 0.5) is 0 Å². The number of hydrogen-bond donors (Lipinski definition) is 7. The molecule has 214 valence electrons. The van der Waals surface area contributed by atoms with Gasteiger partial charge in [0.2, 0.25) is 0 Å². The molecule has 3 rings (SSSR count). The largest absolute Gasteiger partial charge is 0.493 e. The first kappa shape index (κ1) is 30.6. The topological polar surface area (TPSA) is 282 Å². The highest BCUT2D eigenvalue weighted by Gasteiger charge is 2.43. The highest BCUT2D eigenvalue weighted by molar-refractivity contribution is 7.66. The number of aromatic nitrogens is 2. The lowest BCUT2D eigenvalue weighted by atomic mass is 10.0. The molecule has 2 aliphatic rings. The van der Waals surface area contributed by atoms with E-state index in [4.69, 9.17) is 19.3 Å². The molecule has 22 heteroatoms. The van der Waals surface area contributed by atoms with Crippen molar-refractivity contribution in [2.45, 2.75) is 43.8 Å². The molecule has 6 atom stereocenters. The van der Waals surface area contributed by atoms with Gasteiger partial charge >= 0.3 is 29.2 Å². The molecule has 38 heavy (non-hydrogen) atoms. The van der Waals surface area contributed by atoms with E-state index in [2.05, 4.69) is 18.5 Å². The molecule has 2 aliphatic heterocycles. The van der Waals surface area contributed by atoms with E-state index >= 15 is 0 Å². The summed E-state index contributed by atoms with van der Waals surface area (Å²) in [6, 6.07) is 0. The van der Waals surface area contributed by atoms with Gasteiger partial charge in [0.05, 0.1) is 25.5 Å². The number of aliphatic hydroxyl groups excluding tert-OH is 1. The van der Waals surface area contributed by atoms with Crippen molar-refractivity contribution in [3.05, 3.63) is 44.9 Å². The van der Waals surface area contributed by atoms with Gasteiger partial charge in [-0.3, -0.25) is 23.7 Å². The van der Waals surface area contributed by atoms with Gasteiger partial charge in [0.25, 0.3) is 11.5 Å². The number of phosphoric ester groups is 1. The molecule has 7 N–H and O–H groups in total. The Kier molecular flexibility index (Phi) is 9.05. The molecule has 1 aromatic rings. The van der Waals surface area contributed by atoms with Crippen LogP contribution in [0.1, 0.15) is 36.4 Å². The zero-order valence-electron chi connectivity index (χ0n) is 19.3. The number of nitrogens with one attached hydrogen (secondary N) is 2. The van der Waals surface area contributed by atoms with Crippen LogP contribution in [0.2, 0.25) is 0 Å². The molecule has 0 spiro atoms. The fraction of sp³-hybridized carbons (Fsp3) is 0.562. The molecule has 0 saturated carbocycles. The lowest BCUT2D eigenvalue weighted by molar-refractivity contribution is -0.0450. The third kappa shape index (κ3) is 8.26. The standard InChI is InChI=1S/C16H24N3O16P3/c1-16(3-2-4-31-16)8-17-13(21)9-6-19(15(23)18-14(9)22)12-5-10(20)11(33-12)7-32-37(27,28)35-38(29,30)34-36(24,25)26/h2,4,6,10-12,20H,3,5,7-8H2,1H3,(H,17,21)(H,27,28)(H,29,30)(H,18,22,23)(H2,24,25,26)/t10-,11+,12+,16-/m0/s1. The summed E-state index contributed by atoms with van der Waals surface area (Å²) in [5.41, 5.74) is -3.19. The molecule has 1 amide bonds. The van der Waals surface area contributed by atoms with Gasteiger partial charge in [-0.15, -0.1) is 0 Å². The van der Waals surface area contributed by atoms with Crippen molar-refractivity contribution in [3.8, 4) is 0 Å². The van der Waals surface area contributed by atoms with Crippen molar-refractivity contribution in [3.63, 3.8) is 0 Å². The van der Waals surface area contributed by atoms with Crippen molar-refractivity contribution in [1.29, 1.82) is 0 Å². The Morgan fingerprint density at radius 1 is 1.21 bits per heavy atom. The highest BCUT2D eigenvalue weighted by atomic mass is 31.3. The summed E-state index contributed by atoms with van der Waals surface area (Å²) in [5, 5.41) is 12.7. The Labute approximate surface area is 212 Å². The van der Waals surface area contributed by atoms with Crippen molar-refractivity contribution in [1.82, 2.24) is 14.9 Å². The second kappa shape index (κ2) is 11.3. The van der Waals surface area contributed by atoms with E-state index in [1.807, 2.05) is 4.98 Å². The minimum atomic E-state index is -5.75. The van der Waals surface area contributed by atoms with E-state index in [1.54, 1.807) is 13.0 Å². The first-order valence-electron chi connectivity index (χ1n) is 10.5. The predicted molar refractivity (Wildman–Crippen MR) is 121 cm³/mol.